The highest BCUT2D eigenvalue weighted by atomic mass is 35.5. The molecule has 1 atom stereocenters. The average molecular weight is 342 g/mol. The van der Waals surface area contributed by atoms with E-state index < -0.39 is 0 Å². The molecule has 3 rings (SSSR count). The molecule has 1 unspecified atom stereocenters. The summed E-state index contributed by atoms with van der Waals surface area (Å²) in [7, 11) is 1.96. The SMILES string of the molecule is CNCC1CCN(C(=O)c2cccc3cccnc23)C1.Cl.Cl. The van der Waals surface area contributed by atoms with Crippen LogP contribution in [0.15, 0.2) is 36.5 Å². The van der Waals surface area contributed by atoms with Gasteiger partial charge in [0.1, 0.15) is 0 Å². The first-order valence-corrected chi connectivity index (χ1v) is 7.07. The monoisotopic (exact) mass is 341 g/mol. The number of rotatable bonds is 3. The smallest absolute Gasteiger partial charge is 0.256 e. The molecular weight excluding hydrogens is 321 g/mol. The van der Waals surface area contributed by atoms with Crippen molar-refractivity contribution in [3.8, 4) is 0 Å². The van der Waals surface area contributed by atoms with Crippen LogP contribution in [0.1, 0.15) is 16.8 Å². The lowest BCUT2D eigenvalue weighted by atomic mass is 10.1. The minimum atomic E-state index is 0. The van der Waals surface area contributed by atoms with Crippen molar-refractivity contribution in [2.75, 3.05) is 26.7 Å². The van der Waals surface area contributed by atoms with Crippen LogP contribution in [0.5, 0.6) is 0 Å². The summed E-state index contributed by atoms with van der Waals surface area (Å²) in [4.78, 5) is 19.0. The molecule has 1 aliphatic rings. The number of hydrogen-bond donors (Lipinski definition) is 1. The number of pyridine rings is 1. The van der Waals surface area contributed by atoms with Crippen molar-refractivity contribution in [2.45, 2.75) is 6.42 Å². The van der Waals surface area contributed by atoms with Gasteiger partial charge >= 0.3 is 0 Å². The first kappa shape index (κ1) is 18.7. The van der Waals surface area contributed by atoms with E-state index in [1.54, 1.807) is 6.20 Å². The van der Waals surface area contributed by atoms with Crippen LogP contribution in [0.3, 0.4) is 0 Å². The minimum Gasteiger partial charge on any atom is -0.338 e. The molecule has 0 saturated carbocycles. The molecule has 1 aliphatic heterocycles. The Labute approximate surface area is 143 Å². The zero-order valence-electron chi connectivity index (χ0n) is 12.5. The van der Waals surface area contributed by atoms with E-state index in [0.29, 0.717) is 11.5 Å². The van der Waals surface area contributed by atoms with E-state index in [4.69, 9.17) is 0 Å². The van der Waals surface area contributed by atoms with Gasteiger partial charge in [-0.05, 0) is 38.1 Å². The van der Waals surface area contributed by atoms with Crippen LogP contribution in [0.2, 0.25) is 0 Å². The quantitative estimate of drug-likeness (QED) is 0.933. The second kappa shape index (κ2) is 8.32. The van der Waals surface area contributed by atoms with Gasteiger partial charge in [-0.1, -0.05) is 18.2 Å². The number of benzene rings is 1. The highest BCUT2D eigenvalue weighted by Gasteiger charge is 2.27. The van der Waals surface area contributed by atoms with Gasteiger partial charge in [-0.25, -0.2) is 0 Å². The van der Waals surface area contributed by atoms with Crippen LogP contribution in [0.4, 0.5) is 0 Å². The van der Waals surface area contributed by atoms with Crippen LogP contribution in [-0.4, -0.2) is 42.5 Å². The Balaban J connectivity index is 0.00000121. The van der Waals surface area contributed by atoms with Crippen molar-refractivity contribution in [3.05, 3.63) is 42.1 Å². The van der Waals surface area contributed by atoms with Crippen LogP contribution < -0.4 is 5.32 Å². The summed E-state index contributed by atoms with van der Waals surface area (Å²) < 4.78 is 0. The summed E-state index contributed by atoms with van der Waals surface area (Å²) in [6.07, 6.45) is 2.82. The molecule has 2 aromatic rings. The standard InChI is InChI=1S/C16H19N3O.2ClH/c1-17-10-12-7-9-19(11-12)16(20)14-6-2-4-13-5-3-8-18-15(13)14;;/h2-6,8,12,17H,7,9-11H2,1H3;2*1H. The third-order valence-electron chi connectivity index (χ3n) is 3.93. The van der Waals surface area contributed by atoms with E-state index >= 15 is 0 Å². The summed E-state index contributed by atoms with van der Waals surface area (Å²) >= 11 is 0. The first-order valence-electron chi connectivity index (χ1n) is 7.07. The van der Waals surface area contributed by atoms with Crippen LogP contribution in [-0.2, 0) is 0 Å². The molecule has 1 saturated heterocycles. The zero-order chi connectivity index (χ0) is 13.9. The molecule has 2 heterocycles. The number of nitrogens with zero attached hydrogens (tertiary/aromatic N) is 2. The summed E-state index contributed by atoms with van der Waals surface area (Å²) in [6.45, 7) is 2.65. The number of amides is 1. The second-order valence-corrected chi connectivity index (χ2v) is 5.34. The van der Waals surface area contributed by atoms with Gasteiger partial charge in [0, 0.05) is 24.7 Å². The topological polar surface area (TPSA) is 45.2 Å². The van der Waals surface area contributed by atoms with Crippen molar-refractivity contribution in [1.82, 2.24) is 15.2 Å². The number of fused-ring (bicyclic) bond motifs is 1. The molecule has 0 radical (unpaired) electrons. The Hall–Kier alpha value is -1.36. The number of hydrogen-bond acceptors (Lipinski definition) is 3. The Morgan fingerprint density at radius 2 is 2.09 bits per heavy atom. The molecule has 1 aromatic carbocycles. The van der Waals surface area contributed by atoms with Crippen LogP contribution in [0.25, 0.3) is 10.9 Å². The van der Waals surface area contributed by atoms with E-state index in [-0.39, 0.29) is 30.7 Å². The van der Waals surface area contributed by atoms with Gasteiger partial charge in [0.15, 0.2) is 0 Å². The summed E-state index contributed by atoms with van der Waals surface area (Å²) in [5.74, 6) is 0.666. The lowest BCUT2D eigenvalue weighted by Gasteiger charge is -2.17. The maximum absolute atomic E-state index is 12.7. The molecule has 0 bridgehead atoms. The van der Waals surface area contributed by atoms with Crippen LogP contribution >= 0.6 is 24.8 Å². The average Bonchev–Trinajstić information content (AvgIpc) is 2.95. The van der Waals surface area contributed by atoms with Crippen molar-refractivity contribution < 1.29 is 4.79 Å². The Kier molecular flexibility index (Phi) is 7.07. The van der Waals surface area contributed by atoms with E-state index in [0.717, 1.165) is 37.0 Å². The molecule has 1 N–H and O–H groups in total. The lowest BCUT2D eigenvalue weighted by molar-refractivity contribution is 0.0789. The summed E-state index contributed by atoms with van der Waals surface area (Å²) in [5.41, 5.74) is 1.52. The summed E-state index contributed by atoms with van der Waals surface area (Å²) in [6, 6.07) is 9.69. The number of aromatic nitrogens is 1. The largest absolute Gasteiger partial charge is 0.338 e. The number of para-hydroxylation sites is 1. The number of carbonyl (C=O) groups excluding carboxylic acids is 1. The van der Waals surface area contributed by atoms with Crippen molar-refractivity contribution in [3.63, 3.8) is 0 Å². The fourth-order valence-electron chi connectivity index (χ4n) is 2.92. The predicted octanol–water partition coefficient (Wildman–Crippen LogP) is 2.76. The van der Waals surface area contributed by atoms with Gasteiger partial charge in [-0.2, -0.15) is 0 Å². The third kappa shape index (κ3) is 3.69. The summed E-state index contributed by atoms with van der Waals surface area (Å²) in [5, 5.41) is 4.21. The van der Waals surface area contributed by atoms with E-state index in [1.807, 2.05) is 42.3 Å². The van der Waals surface area contributed by atoms with Gasteiger partial charge in [0.2, 0.25) is 0 Å². The zero-order valence-corrected chi connectivity index (χ0v) is 14.1. The Morgan fingerprint density at radius 3 is 2.86 bits per heavy atom. The highest BCUT2D eigenvalue weighted by molar-refractivity contribution is 6.05. The van der Waals surface area contributed by atoms with Gasteiger partial charge in [0.25, 0.3) is 5.91 Å². The second-order valence-electron chi connectivity index (χ2n) is 5.34. The molecule has 22 heavy (non-hydrogen) atoms. The molecular formula is C16H21Cl2N3O. The van der Waals surface area contributed by atoms with Crippen molar-refractivity contribution in [2.24, 2.45) is 5.92 Å². The first-order chi connectivity index (χ1) is 9.79. The van der Waals surface area contributed by atoms with Gasteiger partial charge in [0.05, 0.1) is 11.1 Å². The number of carbonyl (C=O) groups is 1. The van der Waals surface area contributed by atoms with E-state index in [1.165, 1.54) is 0 Å². The molecule has 4 nitrogen and oxygen atoms in total. The van der Waals surface area contributed by atoms with Gasteiger partial charge in [-0.3, -0.25) is 9.78 Å². The lowest BCUT2D eigenvalue weighted by Crippen LogP contribution is -2.30. The van der Waals surface area contributed by atoms with Crippen LogP contribution in [0, 0.1) is 5.92 Å². The van der Waals surface area contributed by atoms with Crippen molar-refractivity contribution >= 4 is 41.6 Å². The maximum Gasteiger partial charge on any atom is 0.256 e. The number of halogens is 2. The molecule has 1 fully saturated rings. The predicted molar refractivity (Wildman–Crippen MR) is 94.2 cm³/mol. The normalized spacial score (nSPS) is 17.0. The van der Waals surface area contributed by atoms with Crippen molar-refractivity contribution in [1.29, 1.82) is 0 Å². The van der Waals surface area contributed by atoms with Gasteiger partial charge in [-0.15, -0.1) is 24.8 Å². The number of nitrogens with one attached hydrogen (secondary N) is 1. The Morgan fingerprint density at radius 1 is 1.32 bits per heavy atom. The van der Waals surface area contributed by atoms with E-state index in [2.05, 4.69) is 10.3 Å². The maximum atomic E-state index is 12.7. The molecule has 0 spiro atoms. The Bertz CT molecular complexity index is 630. The van der Waals surface area contributed by atoms with E-state index in [9.17, 15) is 4.79 Å². The fourth-order valence-corrected chi connectivity index (χ4v) is 2.92. The molecule has 120 valence electrons. The minimum absolute atomic E-state index is 0. The molecule has 1 aromatic heterocycles. The molecule has 1 amide bonds. The number of likely N-dealkylation sites (tertiary alicyclic amines) is 1. The fraction of sp³-hybridized carbons (Fsp3) is 0.375. The highest BCUT2D eigenvalue weighted by Crippen LogP contribution is 2.22. The molecule has 6 heteroatoms. The third-order valence-corrected chi connectivity index (χ3v) is 3.93. The molecule has 0 aliphatic carbocycles. The van der Waals surface area contributed by atoms with Gasteiger partial charge < -0.3 is 10.2 Å².